The first-order valence-corrected chi connectivity index (χ1v) is 14.4. The number of carbonyl (C=O) groups excluding carboxylic acids is 1. The van der Waals surface area contributed by atoms with E-state index in [0.717, 1.165) is 60.9 Å². The Morgan fingerprint density at radius 2 is 1.92 bits per heavy atom. The molecule has 39 heavy (non-hydrogen) atoms. The molecule has 212 valence electrons. The van der Waals surface area contributed by atoms with Gasteiger partial charge in [0.1, 0.15) is 5.82 Å². The van der Waals surface area contributed by atoms with Crippen molar-refractivity contribution in [1.82, 2.24) is 20.1 Å². The standard InChI is InChI=1S/C31H44FN5O2/c1-20-9-25(32)8-7-24(20)10-26-11-29-28(13-34-26)31(5,6)19-37(29)30(38)16-35-14-21(2)33-12-27(35)15-36-22(3)17-39-18-23(36)4/h7-9,11,13,21-23,27,33H,10,12,14-19H2,1-6H3/t21-,22-,23-,27-/m1/s1. The number of ether oxygens (including phenoxy) is 1. The van der Waals surface area contributed by atoms with Crippen molar-refractivity contribution in [2.75, 3.05) is 50.8 Å². The third-order valence-corrected chi connectivity index (χ3v) is 8.83. The number of aryl methyl sites for hydroxylation is 1. The van der Waals surface area contributed by atoms with Gasteiger partial charge in [-0.15, -0.1) is 0 Å². The van der Waals surface area contributed by atoms with E-state index in [-0.39, 0.29) is 23.2 Å². The van der Waals surface area contributed by atoms with Gasteiger partial charge < -0.3 is 15.0 Å². The molecule has 2 saturated heterocycles. The Morgan fingerprint density at radius 1 is 1.18 bits per heavy atom. The van der Waals surface area contributed by atoms with E-state index < -0.39 is 0 Å². The lowest BCUT2D eigenvalue weighted by atomic mass is 9.88. The largest absolute Gasteiger partial charge is 0.378 e. The molecular weight excluding hydrogens is 493 g/mol. The van der Waals surface area contributed by atoms with Gasteiger partial charge in [-0.25, -0.2) is 4.39 Å². The van der Waals surface area contributed by atoms with Crippen LogP contribution in [-0.4, -0.2) is 90.8 Å². The summed E-state index contributed by atoms with van der Waals surface area (Å²) in [6, 6.07) is 8.29. The second-order valence-electron chi connectivity index (χ2n) is 12.6. The molecule has 0 radical (unpaired) electrons. The van der Waals surface area contributed by atoms with Crippen molar-refractivity contribution >= 4 is 11.6 Å². The Kier molecular flexibility index (Phi) is 8.11. The fourth-order valence-electron chi connectivity index (χ4n) is 6.47. The van der Waals surface area contributed by atoms with Gasteiger partial charge >= 0.3 is 0 Å². The number of hydrogen-bond acceptors (Lipinski definition) is 6. The van der Waals surface area contributed by atoms with E-state index in [1.54, 1.807) is 6.07 Å². The number of carbonyl (C=O) groups is 1. The van der Waals surface area contributed by atoms with Crippen LogP contribution in [0.15, 0.2) is 30.5 Å². The van der Waals surface area contributed by atoms with Gasteiger partial charge in [-0.1, -0.05) is 19.9 Å². The maximum Gasteiger partial charge on any atom is 0.241 e. The SMILES string of the molecule is Cc1cc(F)ccc1Cc1cc2c(cn1)C(C)(C)CN2C(=O)CN1C[C@@H](C)NC[C@@H]1CN1[C@H](C)COC[C@H]1C. The first kappa shape index (κ1) is 28.1. The quantitative estimate of drug-likeness (QED) is 0.609. The van der Waals surface area contributed by atoms with Gasteiger partial charge in [-0.2, -0.15) is 0 Å². The molecule has 3 aliphatic rings. The number of nitrogens with zero attached hydrogens (tertiary/aromatic N) is 4. The van der Waals surface area contributed by atoms with Crippen LogP contribution in [0.3, 0.4) is 0 Å². The lowest BCUT2D eigenvalue weighted by Crippen LogP contribution is -2.63. The predicted molar refractivity (Wildman–Crippen MR) is 153 cm³/mol. The number of benzene rings is 1. The Hall–Kier alpha value is -2.39. The summed E-state index contributed by atoms with van der Waals surface area (Å²) < 4.78 is 19.4. The number of hydrogen-bond donors (Lipinski definition) is 1. The summed E-state index contributed by atoms with van der Waals surface area (Å²) >= 11 is 0. The van der Waals surface area contributed by atoms with E-state index in [0.29, 0.717) is 37.6 Å². The van der Waals surface area contributed by atoms with Crippen LogP contribution in [0.5, 0.6) is 0 Å². The molecule has 0 spiro atoms. The number of morpholine rings is 1. The number of amides is 1. The lowest BCUT2D eigenvalue weighted by Gasteiger charge is -2.46. The van der Waals surface area contributed by atoms with Crippen LogP contribution < -0.4 is 10.2 Å². The Labute approximate surface area is 232 Å². The van der Waals surface area contributed by atoms with E-state index in [2.05, 4.69) is 55.8 Å². The molecule has 4 heterocycles. The van der Waals surface area contributed by atoms with Crippen molar-refractivity contribution in [3.8, 4) is 0 Å². The molecule has 5 rings (SSSR count). The van der Waals surface area contributed by atoms with Crippen LogP contribution in [0.1, 0.15) is 57.0 Å². The van der Waals surface area contributed by atoms with Crippen molar-refractivity contribution in [1.29, 1.82) is 0 Å². The minimum Gasteiger partial charge on any atom is -0.378 e. The van der Waals surface area contributed by atoms with Crippen LogP contribution in [0, 0.1) is 12.7 Å². The molecule has 0 unspecified atom stereocenters. The summed E-state index contributed by atoms with van der Waals surface area (Å²) in [5.41, 5.74) is 4.75. The van der Waals surface area contributed by atoms with Gasteiger partial charge in [-0.05, 0) is 57.0 Å². The number of fused-ring (bicyclic) bond motifs is 1. The highest BCUT2D eigenvalue weighted by molar-refractivity contribution is 5.97. The number of aromatic nitrogens is 1. The Balaban J connectivity index is 1.34. The molecule has 2 aromatic rings. The zero-order chi connectivity index (χ0) is 27.9. The van der Waals surface area contributed by atoms with E-state index in [9.17, 15) is 9.18 Å². The van der Waals surface area contributed by atoms with E-state index in [1.165, 1.54) is 6.07 Å². The average molecular weight is 538 g/mol. The number of pyridine rings is 1. The van der Waals surface area contributed by atoms with Gasteiger partial charge in [0.05, 0.1) is 25.4 Å². The van der Waals surface area contributed by atoms with E-state index in [1.807, 2.05) is 24.1 Å². The van der Waals surface area contributed by atoms with E-state index >= 15 is 0 Å². The van der Waals surface area contributed by atoms with Crippen LogP contribution in [0.4, 0.5) is 10.1 Å². The van der Waals surface area contributed by atoms with Gasteiger partial charge in [0.25, 0.3) is 0 Å². The zero-order valence-corrected chi connectivity index (χ0v) is 24.3. The molecule has 3 aliphatic heterocycles. The van der Waals surface area contributed by atoms with E-state index in [4.69, 9.17) is 9.72 Å². The molecule has 7 nitrogen and oxygen atoms in total. The summed E-state index contributed by atoms with van der Waals surface area (Å²) in [4.78, 5) is 25.6. The maximum atomic E-state index is 14.0. The molecule has 2 fully saturated rings. The minimum absolute atomic E-state index is 0.138. The summed E-state index contributed by atoms with van der Waals surface area (Å²) in [6.45, 7) is 18.1. The summed E-state index contributed by atoms with van der Waals surface area (Å²) in [6.07, 6.45) is 2.54. The maximum absolute atomic E-state index is 14.0. The van der Waals surface area contributed by atoms with Crippen molar-refractivity contribution in [2.45, 2.75) is 77.5 Å². The second kappa shape index (κ2) is 11.2. The molecule has 1 amide bonds. The van der Waals surface area contributed by atoms with Crippen LogP contribution >= 0.6 is 0 Å². The number of halogens is 1. The Morgan fingerprint density at radius 3 is 2.64 bits per heavy atom. The molecule has 4 atom stereocenters. The highest BCUT2D eigenvalue weighted by Gasteiger charge is 2.40. The normalized spacial score (nSPS) is 27.5. The fraction of sp³-hybridized carbons (Fsp3) is 0.613. The van der Waals surface area contributed by atoms with Crippen molar-refractivity contribution < 1.29 is 13.9 Å². The summed E-state index contributed by atoms with van der Waals surface area (Å²) in [5.74, 6) is -0.0890. The van der Waals surface area contributed by atoms with Gasteiger partial charge in [0.15, 0.2) is 0 Å². The van der Waals surface area contributed by atoms with Crippen molar-refractivity contribution in [3.63, 3.8) is 0 Å². The molecule has 0 saturated carbocycles. The second-order valence-corrected chi connectivity index (χ2v) is 12.6. The summed E-state index contributed by atoms with van der Waals surface area (Å²) in [5, 5.41) is 3.64. The lowest BCUT2D eigenvalue weighted by molar-refractivity contribution is -0.121. The molecule has 8 heteroatoms. The number of piperazine rings is 1. The third kappa shape index (κ3) is 6.04. The van der Waals surface area contributed by atoms with Crippen LogP contribution in [-0.2, 0) is 21.4 Å². The van der Waals surface area contributed by atoms with Crippen molar-refractivity contribution in [2.24, 2.45) is 0 Å². The highest BCUT2D eigenvalue weighted by atomic mass is 19.1. The highest BCUT2D eigenvalue weighted by Crippen LogP contribution is 2.40. The monoisotopic (exact) mass is 537 g/mol. The zero-order valence-electron chi connectivity index (χ0n) is 24.3. The third-order valence-electron chi connectivity index (χ3n) is 8.83. The van der Waals surface area contributed by atoms with Gasteiger partial charge in [0.2, 0.25) is 5.91 Å². The minimum atomic E-state index is -0.227. The predicted octanol–water partition coefficient (Wildman–Crippen LogP) is 3.52. The van der Waals surface area contributed by atoms with Crippen molar-refractivity contribution in [3.05, 3.63) is 58.7 Å². The number of anilines is 1. The molecule has 0 bridgehead atoms. The molecule has 1 aromatic heterocycles. The fourth-order valence-corrected chi connectivity index (χ4v) is 6.47. The molecule has 1 N–H and O–H groups in total. The number of rotatable bonds is 6. The Bertz CT molecular complexity index is 1190. The molecular formula is C31H44FN5O2. The summed E-state index contributed by atoms with van der Waals surface area (Å²) in [7, 11) is 0. The average Bonchev–Trinajstić information content (AvgIpc) is 3.14. The topological polar surface area (TPSA) is 60.9 Å². The number of nitrogens with one attached hydrogen (secondary N) is 1. The smallest absolute Gasteiger partial charge is 0.241 e. The molecule has 0 aliphatic carbocycles. The molecule has 1 aromatic carbocycles. The van der Waals surface area contributed by atoms with Crippen LogP contribution in [0.25, 0.3) is 0 Å². The first-order valence-electron chi connectivity index (χ1n) is 14.4. The van der Waals surface area contributed by atoms with Gasteiger partial charge in [-0.3, -0.25) is 19.6 Å². The van der Waals surface area contributed by atoms with Crippen LogP contribution in [0.2, 0.25) is 0 Å². The van der Waals surface area contributed by atoms with Gasteiger partial charge in [0, 0.05) is 79.6 Å². The first-order chi connectivity index (χ1) is 18.5.